The zero-order valence-corrected chi connectivity index (χ0v) is 13.1. The second-order valence-electron chi connectivity index (χ2n) is 7.30. The van der Waals surface area contributed by atoms with Crippen LogP contribution in [-0.2, 0) is 14.3 Å². The molecule has 1 heterocycles. The Bertz CT molecular complexity index is 519. The Balaban J connectivity index is 2.12. The number of hydrogen-bond acceptors (Lipinski definition) is 5. The van der Waals surface area contributed by atoms with E-state index >= 15 is 0 Å². The molecular formula is C16H24O5. The number of hydrogen-bond donors (Lipinski definition) is 2. The van der Waals surface area contributed by atoms with Crippen molar-refractivity contribution >= 4 is 5.97 Å². The van der Waals surface area contributed by atoms with Crippen LogP contribution >= 0.6 is 0 Å². The van der Waals surface area contributed by atoms with Gasteiger partial charge in [0.25, 0.3) is 0 Å². The molecular weight excluding hydrogens is 272 g/mol. The summed E-state index contributed by atoms with van der Waals surface area (Å²) in [6, 6.07) is 0. The molecule has 0 aromatic heterocycles. The van der Waals surface area contributed by atoms with Crippen molar-refractivity contribution in [3.63, 3.8) is 0 Å². The smallest absolute Gasteiger partial charge is 0.336 e. The van der Waals surface area contributed by atoms with Crippen molar-refractivity contribution in [1.82, 2.24) is 0 Å². The lowest BCUT2D eigenvalue weighted by Crippen LogP contribution is -2.45. The first kappa shape index (κ1) is 15.0. The second-order valence-corrected chi connectivity index (χ2v) is 7.30. The van der Waals surface area contributed by atoms with Crippen molar-refractivity contribution in [2.75, 3.05) is 7.11 Å². The van der Waals surface area contributed by atoms with Crippen LogP contribution in [0, 0.1) is 11.8 Å². The van der Waals surface area contributed by atoms with Gasteiger partial charge in [-0.3, -0.25) is 0 Å². The maximum atomic E-state index is 12.0. The molecule has 5 heteroatoms. The Morgan fingerprint density at radius 3 is 2.52 bits per heavy atom. The molecule has 5 atom stereocenters. The molecule has 5 nitrogen and oxygen atoms in total. The van der Waals surface area contributed by atoms with Crippen LogP contribution in [0.2, 0.25) is 0 Å². The first-order chi connectivity index (χ1) is 9.63. The zero-order chi connectivity index (χ0) is 15.6. The summed E-state index contributed by atoms with van der Waals surface area (Å²) in [5, 5.41) is 21.6. The SMILES string of the molecule is CO[C@]12C[C@](C)(O)[C@H]3CC[C@](C)(O)[C@H]3CC1=C(C)C(=O)O2. The number of rotatable bonds is 1. The lowest BCUT2D eigenvalue weighted by molar-refractivity contribution is -0.212. The molecule has 21 heavy (non-hydrogen) atoms. The molecule has 2 aliphatic carbocycles. The number of methoxy groups -OCH3 is 1. The maximum Gasteiger partial charge on any atom is 0.336 e. The molecule has 118 valence electrons. The van der Waals surface area contributed by atoms with Gasteiger partial charge in [-0.15, -0.1) is 0 Å². The van der Waals surface area contributed by atoms with Gasteiger partial charge in [0, 0.05) is 24.7 Å². The molecule has 3 aliphatic rings. The second kappa shape index (κ2) is 4.31. The predicted octanol–water partition coefficient (Wildman–Crippen LogP) is 1.52. The highest BCUT2D eigenvalue weighted by atomic mass is 16.7. The Hall–Kier alpha value is -0.910. The van der Waals surface area contributed by atoms with Gasteiger partial charge in [0.15, 0.2) is 0 Å². The van der Waals surface area contributed by atoms with Gasteiger partial charge in [-0.1, -0.05) is 0 Å². The van der Waals surface area contributed by atoms with E-state index in [2.05, 4.69) is 0 Å². The molecule has 3 rings (SSSR count). The van der Waals surface area contributed by atoms with E-state index in [-0.39, 0.29) is 18.3 Å². The topological polar surface area (TPSA) is 76.0 Å². The molecule has 0 unspecified atom stereocenters. The lowest BCUT2D eigenvalue weighted by Gasteiger charge is -2.37. The normalized spacial score (nSPS) is 49.7. The lowest BCUT2D eigenvalue weighted by atomic mass is 9.76. The number of aliphatic hydroxyl groups is 2. The minimum Gasteiger partial charge on any atom is -0.425 e. The van der Waals surface area contributed by atoms with Crippen LogP contribution in [0.3, 0.4) is 0 Å². The summed E-state index contributed by atoms with van der Waals surface area (Å²) in [5.74, 6) is -1.68. The van der Waals surface area contributed by atoms with Gasteiger partial charge < -0.3 is 19.7 Å². The monoisotopic (exact) mass is 296 g/mol. The average Bonchev–Trinajstić information content (AvgIpc) is 2.75. The van der Waals surface area contributed by atoms with E-state index in [9.17, 15) is 15.0 Å². The van der Waals surface area contributed by atoms with E-state index in [1.54, 1.807) is 13.8 Å². The molecule has 0 amide bonds. The van der Waals surface area contributed by atoms with Crippen LogP contribution < -0.4 is 0 Å². The predicted molar refractivity (Wildman–Crippen MR) is 75.2 cm³/mol. The Morgan fingerprint density at radius 1 is 1.24 bits per heavy atom. The Morgan fingerprint density at radius 2 is 1.90 bits per heavy atom. The van der Waals surface area contributed by atoms with Gasteiger partial charge >= 0.3 is 5.97 Å². The first-order valence-electron chi connectivity index (χ1n) is 7.56. The fourth-order valence-corrected chi connectivity index (χ4v) is 4.58. The molecule has 2 fully saturated rings. The van der Waals surface area contributed by atoms with E-state index in [1.807, 2.05) is 6.92 Å². The molecule has 0 aromatic carbocycles. The Kier molecular flexibility index (Phi) is 3.08. The van der Waals surface area contributed by atoms with Crippen molar-refractivity contribution in [3.05, 3.63) is 11.1 Å². The molecule has 0 aromatic rings. The third-order valence-corrected chi connectivity index (χ3v) is 5.87. The maximum absolute atomic E-state index is 12.0. The van der Waals surface area contributed by atoms with Crippen LogP contribution in [0.1, 0.15) is 46.5 Å². The highest BCUT2D eigenvalue weighted by Gasteiger charge is 2.61. The zero-order valence-electron chi connectivity index (χ0n) is 13.1. The number of esters is 1. The van der Waals surface area contributed by atoms with Crippen molar-refractivity contribution in [3.8, 4) is 0 Å². The third-order valence-electron chi connectivity index (χ3n) is 5.87. The van der Waals surface area contributed by atoms with Crippen molar-refractivity contribution in [2.45, 2.75) is 63.4 Å². The van der Waals surface area contributed by atoms with Gasteiger partial charge in [0.05, 0.1) is 11.2 Å². The number of fused-ring (bicyclic) bond motifs is 2. The fraction of sp³-hybridized carbons (Fsp3) is 0.812. The molecule has 0 saturated heterocycles. The van der Waals surface area contributed by atoms with E-state index in [1.165, 1.54) is 7.11 Å². The van der Waals surface area contributed by atoms with Crippen LogP contribution in [0.25, 0.3) is 0 Å². The average molecular weight is 296 g/mol. The first-order valence-corrected chi connectivity index (χ1v) is 7.56. The molecule has 0 spiro atoms. The van der Waals surface area contributed by atoms with Crippen LogP contribution in [0.15, 0.2) is 11.1 Å². The van der Waals surface area contributed by atoms with Gasteiger partial charge in [0.1, 0.15) is 0 Å². The van der Waals surface area contributed by atoms with Gasteiger partial charge in [-0.25, -0.2) is 4.79 Å². The summed E-state index contributed by atoms with van der Waals surface area (Å²) in [6.07, 6.45) is 2.18. The fourth-order valence-electron chi connectivity index (χ4n) is 4.58. The quantitative estimate of drug-likeness (QED) is 0.718. The molecule has 2 N–H and O–H groups in total. The van der Waals surface area contributed by atoms with Crippen molar-refractivity contribution < 1.29 is 24.5 Å². The number of carbonyl (C=O) groups is 1. The third kappa shape index (κ3) is 1.98. The van der Waals surface area contributed by atoms with Crippen LogP contribution in [0.5, 0.6) is 0 Å². The summed E-state index contributed by atoms with van der Waals surface area (Å²) < 4.78 is 11.0. The van der Waals surface area contributed by atoms with Crippen LogP contribution in [0.4, 0.5) is 0 Å². The van der Waals surface area contributed by atoms with E-state index < -0.39 is 23.0 Å². The summed E-state index contributed by atoms with van der Waals surface area (Å²) in [7, 11) is 1.50. The summed E-state index contributed by atoms with van der Waals surface area (Å²) in [6.45, 7) is 5.31. The summed E-state index contributed by atoms with van der Waals surface area (Å²) >= 11 is 0. The van der Waals surface area contributed by atoms with E-state index in [4.69, 9.17) is 9.47 Å². The molecule has 1 aliphatic heterocycles. The summed E-state index contributed by atoms with van der Waals surface area (Å²) in [4.78, 5) is 12.0. The number of carbonyl (C=O) groups excluding carboxylic acids is 1. The highest BCUT2D eigenvalue weighted by molar-refractivity contribution is 5.92. The minimum atomic E-state index is -1.18. The number of ether oxygens (including phenoxy) is 2. The minimum absolute atomic E-state index is 0.0240. The van der Waals surface area contributed by atoms with Gasteiger partial charge in [-0.05, 0) is 51.9 Å². The van der Waals surface area contributed by atoms with Crippen molar-refractivity contribution in [2.24, 2.45) is 11.8 Å². The van der Waals surface area contributed by atoms with E-state index in [0.717, 1.165) is 12.0 Å². The van der Waals surface area contributed by atoms with Gasteiger partial charge in [0.2, 0.25) is 5.79 Å². The standard InChI is InChI=1S/C16H24O5/c1-9-11-7-12-10(5-6-14(12,2)18)15(3,19)8-16(11,20-4)21-13(9)17/h10,12,18-19H,5-8H2,1-4H3/t10-,12-,14-,15-,16-/m0/s1. The van der Waals surface area contributed by atoms with Crippen LogP contribution in [-0.4, -0.2) is 40.3 Å². The highest BCUT2D eigenvalue weighted by Crippen LogP contribution is 2.56. The summed E-state index contributed by atoms with van der Waals surface area (Å²) in [5.41, 5.74) is -0.550. The largest absolute Gasteiger partial charge is 0.425 e. The molecule has 0 bridgehead atoms. The Labute approximate surface area is 124 Å². The molecule has 0 radical (unpaired) electrons. The molecule has 2 saturated carbocycles. The van der Waals surface area contributed by atoms with Crippen molar-refractivity contribution in [1.29, 1.82) is 0 Å². The van der Waals surface area contributed by atoms with E-state index in [0.29, 0.717) is 18.4 Å². The van der Waals surface area contributed by atoms with Gasteiger partial charge in [-0.2, -0.15) is 0 Å².